The molecule has 2 atom stereocenters. The lowest BCUT2D eigenvalue weighted by Gasteiger charge is -2.31. The van der Waals surface area contributed by atoms with Crippen LogP contribution in [0, 0.1) is 0 Å². The molecule has 0 aliphatic carbocycles. The fourth-order valence-electron chi connectivity index (χ4n) is 3.25. The average molecular weight is 270 g/mol. The maximum atomic E-state index is 10.2. The van der Waals surface area contributed by atoms with Crippen LogP contribution in [0.4, 0.5) is 0 Å². The van der Waals surface area contributed by atoms with Gasteiger partial charge in [-0.2, -0.15) is 0 Å². The summed E-state index contributed by atoms with van der Waals surface area (Å²) in [4.78, 5) is 7.09. The predicted octanol–water partition coefficient (Wildman–Crippen LogP) is -0.721. The summed E-state index contributed by atoms with van der Waals surface area (Å²) in [5.41, 5.74) is 0. The third-order valence-electron chi connectivity index (χ3n) is 4.39. The Balaban J connectivity index is 1.64. The van der Waals surface area contributed by atoms with E-state index in [0.717, 1.165) is 45.8 Å². The van der Waals surface area contributed by atoms with Gasteiger partial charge in [0.1, 0.15) is 0 Å². The Hall–Kier alpha value is -0.200. The number of piperazine rings is 1. The summed E-state index contributed by atoms with van der Waals surface area (Å²) in [6, 6.07) is 0.677. The van der Waals surface area contributed by atoms with Gasteiger partial charge in [0.25, 0.3) is 0 Å². The topological polar surface area (TPSA) is 42.0 Å². The summed E-state index contributed by atoms with van der Waals surface area (Å²) in [6.07, 6.45) is 2.39. The van der Waals surface area contributed by atoms with Crippen molar-refractivity contribution in [2.24, 2.45) is 0 Å². The predicted molar refractivity (Wildman–Crippen MR) is 78.5 cm³/mol. The van der Waals surface area contributed by atoms with Crippen molar-refractivity contribution >= 4 is 0 Å². The lowest BCUT2D eigenvalue weighted by atomic mass is 10.2. The summed E-state index contributed by atoms with van der Waals surface area (Å²) in [7, 11) is 4.34. The Morgan fingerprint density at radius 2 is 2.05 bits per heavy atom. The Bertz CT molecular complexity index is 258. The zero-order valence-corrected chi connectivity index (χ0v) is 12.5. The SMILES string of the molecule is CN(CC(O)CN1CCNCC1)CC1CCCN1C. The van der Waals surface area contributed by atoms with Crippen LogP contribution in [0.2, 0.25) is 0 Å². The number of nitrogens with one attached hydrogen (secondary N) is 1. The van der Waals surface area contributed by atoms with Gasteiger partial charge in [-0.3, -0.25) is 4.90 Å². The molecular formula is C14H30N4O. The van der Waals surface area contributed by atoms with E-state index in [9.17, 15) is 5.11 Å². The zero-order chi connectivity index (χ0) is 13.7. The standard InChI is InChI=1S/C14H30N4O/c1-16(10-13-4-3-7-17(13)2)11-14(19)12-18-8-5-15-6-9-18/h13-15,19H,3-12H2,1-2H3. The number of nitrogens with zero attached hydrogens (tertiary/aromatic N) is 3. The summed E-state index contributed by atoms with van der Waals surface area (Å²) in [5.74, 6) is 0. The van der Waals surface area contributed by atoms with E-state index in [2.05, 4.69) is 34.1 Å². The molecule has 5 nitrogen and oxygen atoms in total. The van der Waals surface area contributed by atoms with E-state index in [0.29, 0.717) is 6.04 Å². The first kappa shape index (κ1) is 15.2. The molecule has 0 aromatic rings. The minimum Gasteiger partial charge on any atom is -0.390 e. The van der Waals surface area contributed by atoms with E-state index in [1.807, 2.05) is 0 Å². The summed E-state index contributed by atoms with van der Waals surface area (Å²) in [6.45, 7) is 8.13. The van der Waals surface area contributed by atoms with Gasteiger partial charge in [0.05, 0.1) is 6.10 Å². The summed E-state index contributed by atoms with van der Waals surface area (Å²) in [5, 5.41) is 13.5. The van der Waals surface area contributed by atoms with Gasteiger partial charge in [-0.1, -0.05) is 0 Å². The molecule has 2 heterocycles. The van der Waals surface area contributed by atoms with Crippen LogP contribution in [0.25, 0.3) is 0 Å². The molecule has 2 fully saturated rings. The molecule has 0 amide bonds. The first-order valence-electron chi connectivity index (χ1n) is 7.65. The van der Waals surface area contributed by atoms with Crippen LogP contribution in [0.1, 0.15) is 12.8 Å². The molecule has 0 aromatic heterocycles. The van der Waals surface area contributed by atoms with Crippen molar-refractivity contribution in [3.63, 3.8) is 0 Å². The highest BCUT2D eigenvalue weighted by Gasteiger charge is 2.23. The number of β-amino-alcohol motifs (C(OH)–C–C–N with tert-alkyl or cyclic N) is 1. The third-order valence-corrected chi connectivity index (χ3v) is 4.39. The molecule has 0 aromatic carbocycles. The fraction of sp³-hybridized carbons (Fsp3) is 1.00. The van der Waals surface area contributed by atoms with Gasteiger partial charge < -0.3 is 20.2 Å². The van der Waals surface area contributed by atoms with E-state index >= 15 is 0 Å². The number of hydrogen-bond acceptors (Lipinski definition) is 5. The number of aliphatic hydroxyl groups excluding tert-OH is 1. The van der Waals surface area contributed by atoms with E-state index in [-0.39, 0.29) is 6.10 Å². The van der Waals surface area contributed by atoms with Crippen molar-refractivity contribution in [1.82, 2.24) is 20.0 Å². The number of likely N-dealkylation sites (tertiary alicyclic amines) is 1. The molecule has 2 rings (SSSR count). The Kier molecular flexibility index (Phi) is 6.04. The molecule has 2 unspecified atom stereocenters. The van der Waals surface area contributed by atoms with Crippen molar-refractivity contribution in [3.05, 3.63) is 0 Å². The second-order valence-electron chi connectivity index (χ2n) is 6.20. The number of aliphatic hydroxyl groups is 1. The Morgan fingerprint density at radius 3 is 2.68 bits per heavy atom. The smallest absolute Gasteiger partial charge is 0.0793 e. The molecule has 2 N–H and O–H groups in total. The van der Waals surface area contributed by atoms with Gasteiger partial charge in [0.2, 0.25) is 0 Å². The van der Waals surface area contributed by atoms with Gasteiger partial charge in [-0.05, 0) is 33.5 Å². The zero-order valence-electron chi connectivity index (χ0n) is 12.5. The van der Waals surface area contributed by atoms with Gasteiger partial charge >= 0.3 is 0 Å². The van der Waals surface area contributed by atoms with Gasteiger partial charge in [-0.25, -0.2) is 0 Å². The number of likely N-dealkylation sites (N-methyl/N-ethyl adjacent to an activating group) is 2. The van der Waals surface area contributed by atoms with Gasteiger partial charge in [-0.15, -0.1) is 0 Å². The van der Waals surface area contributed by atoms with Crippen LogP contribution in [-0.4, -0.2) is 98.4 Å². The summed E-state index contributed by atoms with van der Waals surface area (Å²) < 4.78 is 0. The van der Waals surface area contributed by atoms with Crippen molar-refractivity contribution < 1.29 is 5.11 Å². The van der Waals surface area contributed by atoms with Gasteiger partial charge in [0.15, 0.2) is 0 Å². The normalized spacial score (nSPS) is 28.1. The van der Waals surface area contributed by atoms with E-state index in [1.165, 1.54) is 19.4 Å². The van der Waals surface area contributed by atoms with Crippen LogP contribution in [0.3, 0.4) is 0 Å². The minimum atomic E-state index is -0.227. The van der Waals surface area contributed by atoms with Crippen LogP contribution < -0.4 is 5.32 Å². The lowest BCUT2D eigenvalue weighted by Crippen LogP contribution is -2.48. The molecule has 2 aliphatic rings. The van der Waals surface area contributed by atoms with Crippen LogP contribution >= 0.6 is 0 Å². The Labute approximate surface area is 117 Å². The van der Waals surface area contributed by atoms with Crippen molar-refractivity contribution in [2.75, 3.05) is 66.5 Å². The molecule has 2 saturated heterocycles. The van der Waals surface area contributed by atoms with E-state index in [4.69, 9.17) is 0 Å². The maximum absolute atomic E-state index is 10.2. The molecule has 0 bridgehead atoms. The third kappa shape index (κ3) is 5.00. The highest BCUT2D eigenvalue weighted by molar-refractivity contribution is 4.80. The van der Waals surface area contributed by atoms with E-state index < -0.39 is 0 Å². The second kappa shape index (κ2) is 7.55. The Morgan fingerprint density at radius 1 is 1.32 bits per heavy atom. The summed E-state index contributed by atoms with van der Waals surface area (Å²) >= 11 is 0. The highest BCUT2D eigenvalue weighted by atomic mass is 16.3. The lowest BCUT2D eigenvalue weighted by molar-refractivity contribution is 0.0708. The highest BCUT2D eigenvalue weighted by Crippen LogP contribution is 2.15. The second-order valence-corrected chi connectivity index (χ2v) is 6.20. The average Bonchev–Trinajstić information content (AvgIpc) is 2.76. The van der Waals surface area contributed by atoms with Crippen LogP contribution in [0.15, 0.2) is 0 Å². The van der Waals surface area contributed by atoms with Crippen molar-refractivity contribution in [2.45, 2.75) is 25.0 Å². The molecule has 0 saturated carbocycles. The first-order valence-corrected chi connectivity index (χ1v) is 7.65. The van der Waals surface area contributed by atoms with Crippen LogP contribution in [-0.2, 0) is 0 Å². The first-order chi connectivity index (χ1) is 9.15. The molecule has 5 heteroatoms. The molecule has 19 heavy (non-hydrogen) atoms. The molecule has 112 valence electrons. The molecule has 2 aliphatic heterocycles. The quantitative estimate of drug-likeness (QED) is 0.667. The van der Waals surface area contributed by atoms with Gasteiger partial charge in [0, 0.05) is 51.9 Å². The van der Waals surface area contributed by atoms with E-state index in [1.54, 1.807) is 0 Å². The van der Waals surface area contributed by atoms with Crippen LogP contribution in [0.5, 0.6) is 0 Å². The fourth-order valence-corrected chi connectivity index (χ4v) is 3.25. The monoisotopic (exact) mass is 270 g/mol. The van der Waals surface area contributed by atoms with Crippen molar-refractivity contribution in [3.8, 4) is 0 Å². The molecule has 0 spiro atoms. The molecule has 0 radical (unpaired) electrons. The number of rotatable bonds is 6. The minimum absolute atomic E-state index is 0.227. The van der Waals surface area contributed by atoms with Crippen molar-refractivity contribution in [1.29, 1.82) is 0 Å². The maximum Gasteiger partial charge on any atom is 0.0793 e. The molecular weight excluding hydrogens is 240 g/mol. The number of hydrogen-bond donors (Lipinski definition) is 2. The largest absolute Gasteiger partial charge is 0.390 e.